The minimum atomic E-state index is 0.609. The fourth-order valence-corrected chi connectivity index (χ4v) is 1.97. The summed E-state index contributed by atoms with van der Waals surface area (Å²) in [6.07, 6.45) is 1.79. The molecule has 2 aromatic rings. The van der Waals surface area contributed by atoms with Crippen molar-refractivity contribution in [3.05, 3.63) is 48.3 Å². The summed E-state index contributed by atoms with van der Waals surface area (Å²) in [4.78, 5) is 6.39. The number of nitrogens with two attached hydrogens (primary N) is 1. The Kier molecular flexibility index (Phi) is 4.23. The van der Waals surface area contributed by atoms with Gasteiger partial charge in [-0.2, -0.15) is 0 Å². The van der Waals surface area contributed by atoms with Gasteiger partial charge in [-0.25, -0.2) is 0 Å². The number of nitrogens with zero attached hydrogens (tertiary/aromatic N) is 2. The standard InChI is InChI=1S/C15H19N3O/c1-3-19-14-9-6-8-13(15(14)16)18(2)11-12-7-4-5-10-17-12/h4-10H,3,11,16H2,1-2H3. The van der Waals surface area contributed by atoms with Gasteiger partial charge >= 0.3 is 0 Å². The normalized spacial score (nSPS) is 10.2. The highest BCUT2D eigenvalue weighted by Crippen LogP contribution is 2.32. The topological polar surface area (TPSA) is 51.4 Å². The van der Waals surface area contributed by atoms with Gasteiger partial charge in [0.1, 0.15) is 5.75 Å². The Morgan fingerprint density at radius 2 is 2.05 bits per heavy atom. The molecular formula is C15H19N3O. The van der Waals surface area contributed by atoms with Crippen LogP contribution in [0.3, 0.4) is 0 Å². The van der Waals surface area contributed by atoms with E-state index >= 15 is 0 Å². The van der Waals surface area contributed by atoms with E-state index in [0.717, 1.165) is 17.1 Å². The third-order valence-electron chi connectivity index (χ3n) is 2.88. The summed E-state index contributed by atoms with van der Waals surface area (Å²) in [6.45, 7) is 3.27. The fraction of sp³-hybridized carbons (Fsp3) is 0.267. The smallest absolute Gasteiger partial charge is 0.144 e. The zero-order chi connectivity index (χ0) is 13.7. The van der Waals surface area contributed by atoms with Crippen molar-refractivity contribution in [1.82, 2.24) is 4.98 Å². The maximum Gasteiger partial charge on any atom is 0.144 e. The molecule has 0 saturated heterocycles. The third-order valence-corrected chi connectivity index (χ3v) is 2.88. The van der Waals surface area contributed by atoms with Crippen LogP contribution in [0, 0.1) is 0 Å². The molecule has 4 heteroatoms. The Morgan fingerprint density at radius 3 is 2.74 bits per heavy atom. The molecule has 0 atom stereocenters. The van der Waals surface area contributed by atoms with Gasteiger partial charge in [-0.05, 0) is 31.2 Å². The Hall–Kier alpha value is -2.23. The van der Waals surface area contributed by atoms with Gasteiger partial charge in [-0.1, -0.05) is 12.1 Å². The number of para-hydroxylation sites is 1. The monoisotopic (exact) mass is 257 g/mol. The number of benzene rings is 1. The number of aromatic nitrogens is 1. The summed E-state index contributed by atoms with van der Waals surface area (Å²) in [5.41, 5.74) is 8.77. The van der Waals surface area contributed by atoms with E-state index in [9.17, 15) is 0 Å². The van der Waals surface area contributed by atoms with Crippen LogP contribution in [0.1, 0.15) is 12.6 Å². The average Bonchev–Trinajstić information content (AvgIpc) is 2.42. The number of nitrogen functional groups attached to an aromatic ring is 1. The van der Waals surface area contributed by atoms with Gasteiger partial charge in [0.25, 0.3) is 0 Å². The first-order valence-electron chi connectivity index (χ1n) is 6.34. The molecule has 0 aliphatic rings. The van der Waals surface area contributed by atoms with Crippen LogP contribution in [-0.2, 0) is 6.54 Å². The second-order valence-corrected chi connectivity index (χ2v) is 4.30. The maximum atomic E-state index is 6.14. The molecule has 1 heterocycles. The molecule has 0 unspecified atom stereocenters. The quantitative estimate of drug-likeness (QED) is 0.837. The van der Waals surface area contributed by atoms with E-state index in [1.54, 1.807) is 6.20 Å². The zero-order valence-electron chi connectivity index (χ0n) is 11.3. The Labute approximate surface area is 113 Å². The van der Waals surface area contributed by atoms with Crippen molar-refractivity contribution in [2.75, 3.05) is 24.3 Å². The highest BCUT2D eigenvalue weighted by atomic mass is 16.5. The Bertz CT molecular complexity index is 528. The molecule has 0 aliphatic carbocycles. The van der Waals surface area contributed by atoms with Gasteiger partial charge in [0.2, 0.25) is 0 Å². The highest BCUT2D eigenvalue weighted by Gasteiger charge is 2.10. The van der Waals surface area contributed by atoms with Crippen LogP contribution in [0.4, 0.5) is 11.4 Å². The van der Waals surface area contributed by atoms with Crippen molar-refractivity contribution in [2.24, 2.45) is 0 Å². The molecule has 2 N–H and O–H groups in total. The van der Waals surface area contributed by atoms with Crippen LogP contribution in [0.15, 0.2) is 42.6 Å². The lowest BCUT2D eigenvalue weighted by Crippen LogP contribution is -2.18. The largest absolute Gasteiger partial charge is 0.492 e. The Morgan fingerprint density at radius 1 is 1.21 bits per heavy atom. The number of ether oxygens (including phenoxy) is 1. The lowest BCUT2D eigenvalue weighted by molar-refractivity contribution is 0.342. The summed E-state index contributed by atoms with van der Waals surface area (Å²) in [5.74, 6) is 0.730. The molecule has 0 bridgehead atoms. The molecular weight excluding hydrogens is 238 g/mol. The van der Waals surface area contributed by atoms with Gasteiger partial charge in [-0.3, -0.25) is 4.98 Å². The van der Waals surface area contributed by atoms with Crippen LogP contribution < -0.4 is 15.4 Å². The molecule has 2 rings (SSSR count). The van der Waals surface area contributed by atoms with E-state index in [-0.39, 0.29) is 0 Å². The number of anilines is 2. The van der Waals surface area contributed by atoms with Gasteiger partial charge < -0.3 is 15.4 Å². The van der Waals surface area contributed by atoms with E-state index in [2.05, 4.69) is 9.88 Å². The fourth-order valence-electron chi connectivity index (χ4n) is 1.97. The number of hydrogen-bond donors (Lipinski definition) is 1. The first-order valence-corrected chi connectivity index (χ1v) is 6.34. The summed E-state index contributed by atoms with van der Waals surface area (Å²) in [5, 5.41) is 0. The zero-order valence-corrected chi connectivity index (χ0v) is 11.3. The molecule has 1 aromatic carbocycles. The average molecular weight is 257 g/mol. The molecule has 0 saturated carbocycles. The second kappa shape index (κ2) is 6.09. The molecule has 0 spiro atoms. The van der Waals surface area contributed by atoms with Crippen LogP contribution in [0.25, 0.3) is 0 Å². The molecule has 0 fully saturated rings. The molecule has 19 heavy (non-hydrogen) atoms. The lowest BCUT2D eigenvalue weighted by atomic mass is 10.2. The maximum absolute atomic E-state index is 6.14. The van der Waals surface area contributed by atoms with Crippen LogP contribution in [-0.4, -0.2) is 18.6 Å². The van der Waals surface area contributed by atoms with E-state index in [1.807, 2.05) is 50.4 Å². The van der Waals surface area contributed by atoms with Crippen molar-refractivity contribution >= 4 is 11.4 Å². The van der Waals surface area contributed by atoms with Gasteiger partial charge in [0, 0.05) is 13.2 Å². The van der Waals surface area contributed by atoms with Crippen molar-refractivity contribution in [3.8, 4) is 5.75 Å². The van der Waals surface area contributed by atoms with Crippen molar-refractivity contribution < 1.29 is 4.74 Å². The molecule has 0 radical (unpaired) electrons. The molecule has 100 valence electrons. The highest BCUT2D eigenvalue weighted by molar-refractivity contribution is 5.73. The van der Waals surface area contributed by atoms with Crippen molar-refractivity contribution in [2.45, 2.75) is 13.5 Å². The lowest BCUT2D eigenvalue weighted by Gasteiger charge is -2.22. The molecule has 0 aliphatic heterocycles. The van der Waals surface area contributed by atoms with Gasteiger partial charge in [0.05, 0.1) is 30.2 Å². The van der Waals surface area contributed by atoms with Gasteiger partial charge in [0.15, 0.2) is 0 Å². The third kappa shape index (κ3) is 3.16. The first-order chi connectivity index (χ1) is 9.22. The second-order valence-electron chi connectivity index (χ2n) is 4.30. The number of rotatable bonds is 5. The van der Waals surface area contributed by atoms with Crippen molar-refractivity contribution in [1.29, 1.82) is 0 Å². The summed E-state index contributed by atoms with van der Waals surface area (Å²) < 4.78 is 5.51. The van der Waals surface area contributed by atoms with Crippen LogP contribution in [0.5, 0.6) is 5.75 Å². The van der Waals surface area contributed by atoms with E-state index in [4.69, 9.17) is 10.5 Å². The summed E-state index contributed by atoms with van der Waals surface area (Å²) >= 11 is 0. The SMILES string of the molecule is CCOc1cccc(N(C)Cc2ccccn2)c1N. The van der Waals surface area contributed by atoms with E-state index < -0.39 is 0 Å². The summed E-state index contributed by atoms with van der Waals surface area (Å²) in [7, 11) is 2.00. The van der Waals surface area contributed by atoms with Gasteiger partial charge in [-0.15, -0.1) is 0 Å². The molecule has 4 nitrogen and oxygen atoms in total. The Balaban J connectivity index is 2.19. The minimum absolute atomic E-state index is 0.609. The number of pyridine rings is 1. The van der Waals surface area contributed by atoms with Crippen LogP contribution in [0.2, 0.25) is 0 Å². The van der Waals surface area contributed by atoms with Crippen molar-refractivity contribution in [3.63, 3.8) is 0 Å². The predicted molar refractivity (Wildman–Crippen MR) is 78.4 cm³/mol. The molecule has 1 aromatic heterocycles. The number of hydrogen-bond acceptors (Lipinski definition) is 4. The molecule has 0 amide bonds. The van der Waals surface area contributed by atoms with Crippen LogP contribution >= 0.6 is 0 Å². The predicted octanol–water partition coefficient (Wildman–Crippen LogP) is 2.70. The minimum Gasteiger partial charge on any atom is -0.492 e. The summed E-state index contributed by atoms with van der Waals surface area (Å²) in [6, 6.07) is 11.7. The first kappa shape index (κ1) is 13.2. The van der Waals surface area contributed by atoms with E-state index in [1.165, 1.54) is 0 Å². The van der Waals surface area contributed by atoms with E-state index in [0.29, 0.717) is 18.8 Å².